The Morgan fingerprint density at radius 2 is 1.76 bits per heavy atom. The van der Waals surface area contributed by atoms with E-state index < -0.39 is 5.60 Å². The van der Waals surface area contributed by atoms with Crippen molar-refractivity contribution in [2.24, 2.45) is 4.99 Å². The van der Waals surface area contributed by atoms with Crippen LogP contribution in [-0.4, -0.2) is 22.3 Å². The first kappa shape index (κ1) is 11.5. The molecule has 3 nitrogen and oxygen atoms in total. The number of nitrogens with zero attached hydrogens (tertiary/aromatic N) is 1. The Morgan fingerprint density at radius 1 is 1.18 bits per heavy atom. The maximum absolute atomic E-state index is 11.8. The Hall–Kier alpha value is -2.00. The lowest BCUT2D eigenvalue weighted by atomic mass is 10.00. The second-order valence-electron chi connectivity index (χ2n) is 4.10. The number of rotatable bonds is 1. The highest BCUT2D eigenvalue weighted by Gasteiger charge is 2.15. The fraction of sp³-hybridized carbons (Fsp3) is 0.143. The van der Waals surface area contributed by atoms with E-state index in [2.05, 4.69) is 4.99 Å². The second-order valence-corrected chi connectivity index (χ2v) is 4.10. The van der Waals surface area contributed by atoms with E-state index in [1.54, 1.807) is 55.5 Å². The van der Waals surface area contributed by atoms with Crippen LogP contribution in [0.2, 0.25) is 0 Å². The minimum Gasteiger partial charge on any atom is -0.382 e. The lowest BCUT2D eigenvalue weighted by Crippen LogP contribution is -2.20. The van der Waals surface area contributed by atoms with Gasteiger partial charge in [0.1, 0.15) is 0 Å². The highest BCUT2D eigenvalue weighted by molar-refractivity contribution is 6.13. The van der Waals surface area contributed by atoms with E-state index >= 15 is 0 Å². The van der Waals surface area contributed by atoms with Gasteiger partial charge in [-0.25, -0.2) is 4.99 Å². The summed E-state index contributed by atoms with van der Waals surface area (Å²) in [6, 6.07) is 8.88. The summed E-state index contributed by atoms with van der Waals surface area (Å²) in [5, 5.41) is 9.63. The third kappa shape index (κ3) is 2.98. The van der Waals surface area contributed by atoms with E-state index in [1.807, 2.05) is 6.07 Å². The Morgan fingerprint density at radius 3 is 2.35 bits per heavy atom. The minimum atomic E-state index is -0.950. The molecule has 1 aromatic carbocycles. The smallest absolute Gasteiger partial charge is 0.277 e. The summed E-state index contributed by atoms with van der Waals surface area (Å²) < 4.78 is 0. The van der Waals surface area contributed by atoms with E-state index in [0.29, 0.717) is 11.3 Å². The summed E-state index contributed by atoms with van der Waals surface area (Å²) in [7, 11) is 0. The van der Waals surface area contributed by atoms with Gasteiger partial charge in [-0.15, -0.1) is 0 Å². The van der Waals surface area contributed by atoms with Gasteiger partial charge in [0.25, 0.3) is 5.91 Å². The molecule has 0 aromatic heterocycles. The van der Waals surface area contributed by atoms with E-state index in [4.69, 9.17) is 0 Å². The average molecular weight is 227 g/mol. The van der Waals surface area contributed by atoms with Gasteiger partial charge in [0.2, 0.25) is 0 Å². The van der Waals surface area contributed by atoms with Crippen molar-refractivity contribution < 1.29 is 9.90 Å². The van der Waals surface area contributed by atoms with Crippen LogP contribution < -0.4 is 0 Å². The molecule has 3 heteroatoms. The van der Waals surface area contributed by atoms with Gasteiger partial charge in [-0.05, 0) is 43.4 Å². The van der Waals surface area contributed by atoms with E-state index in [0.717, 1.165) is 0 Å². The molecule has 0 spiro atoms. The summed E-state index contributed by atoms with van der Waals surface area (Å²) >= 11 is 0. The van der Waals surface area contributed by atoms with Gasteiger partial charge >= 0.3 is 0 Å². The van der Waals surface area contributed by atoms with Crippen LogP contribution in [-0.2, 0) is 0 Å². The SMILES string of the molecule is CC1(O)C=CC(=NC(=O)c2ccccc2)C=C1. The lowest BCUT2D eigenvalue weighted by Gasteiger charge is -2.16. The van der Waals surface area contributed by atoms with Crippen LogP contribution in [0.3, 0.4) is 0 Å². The molecule has 86 valence electrons. The van der Waals surface area contributed by atoms with Crippen molar-refractivity contribution in [2.75, 3.05) is 0 Å². The van der Waals surface area contributed by atoms with Gasteiger partial charge in [0.15, 0.2) is 0 Å². The van der Waals surface area contributed by atoms with Gasteiger partial charge < -0.3 is 5.11 Å². The fourth-order valence-electron chi connectivity index (χ4n) is 1.46. The van der Waals surface area contributed by atoms with Crippen LogP contribution in [0.4, 0.5) is 0 Å². The highest BCUT2D eigenvalue weighted by Crippen LogP contribution is 2.13. The highest BCUT2D eigenvalue weighted by atomic mass is 16.3. The fourth-order valence-corrected chi connectivity index (χ4v) is 1.46. The molecule has 0 heterocycles. The molecule has 0 unspecified atom stereocenters. The van der Waals surface area contributed by atoms with Crippen LogP contribution in [0.5, 0.6) is 0 Å². The first-order chi connectivity index (χ1) is 8.07. The molecule has 0 bridgehead atoms. The average Bonchev–Trinajstić information content (AvgIpc) is 2.33. The van der Waals surface area contributed by atoms with E-state index in [1.165, 1.54) is 0 Å². The van der Waals surface area contributed by atoms with Crippen molar-refractivity contribution in [3.63, 3.8) is 0 Å². The van der Waals surface area contributed by atoms with Crippen molar-refractivity contribution in [2.45, 2.75) is 12.5 Å². The van der Waals surface area contributed by atoms with Crippen LogP contribution in [0.25, 0.3) is 0 Å². The molecule has 1 amide bonds. The monoisotopic (exact) mass is 227 g/mol. The molecule has 1 N–H and O–H groups in total. The topological polar surface area (TPSA) is 49.7 Å². The van der Waals surface area contributed by atoms with Gasteiger partial charge in [0, 0.05) is 5.56 Å². The van der Waals surface area contributed by atoms with E-state index in [-0.39, 0.29) is 5.91 Å². The zero-order valence-corrected chi connectivity index (χ0v) is 9.50. The molecular formula is C14H13NO2. The third-order valence-electron chi connectivity index (χ3n) is 2.43. The summed E-state index contributed by atoms with van der Waals surface area (Å²) in [5.41, 5.74) is 0.152. The number of amides is 1. The van der Waals surface area contributed by atoms with Gasteiger partial charge in [-0.2, -0.15) is 0 Å². The Bertz CT molecular complexity index is 492. The predicted octanol–water partition coefficient (Wildman–Crippen LogP) is 2.14. The van der Waals surface area contributed by atoms with Crippen LogP contribution >= 0.6 is 0 Å². The van der Waals surface area contributed by atoms with Gasteiger partial charge in [-0.1, -0.05) is 18.2 Å². The van der Waals surface area contributed by atoms with Crippen LogP contribution in [0, 0.1) is 0 Å². The molecule has 0 aliphatic heterocycles. The summed E-state index contributed by atoms with van der Waals surface area (Å²) in [5.74, 6) is -0.281. The maximum atomic E-state index is 11.8. The molecule has 0 atom stereocenters. The molecule has 0 saturated heterocycles. The zero-order valence-electron chi connectivity index (χ0n) is 9.50. The standard InChI is InChI=1S/C14H13NO2/c1-14(17)9-7-12(8-10-14)15-13(16)11-5-3-2-4-6-11/h2-10,17H,1H3. The molecule has 0 saturated carbocycles. The van der Waals surface area contributed by atoms with Gasteiger partial charge in [0.05, 0.1) is 11.3 Å². The van der Waals surface area contributed by atoms with Crippen molar-refractivity contribution >= 4 is 11.6 Å². The quantitative estimate of drug-likeness (QED) is 0.799. The van der Waals surface area contributed by atoms with E-state index in [9.17, 15) is 9.90 Å². The second kappa shape index (κ2) is 4.47. The zero-order chi connectivity index (χ0) is 12.3. The number of benzene rings is 1. The number of hydrogen-bond donors (Lipinski definition) is 1. The van der Waals surface area contributed by atoms with Crippen molar-refractivity contribution in [3.05, 3.63) is 60.2 Å². The van der Waals surface area contributed by atoms with Crippen molar-refractivity contribution in [1.82, 2.24) is 0 Å². The van der Waals surface area contributed by atoms with Crippen molar-refractivity contribution in [1.29, 1.82) is 0 Å². The number of aliphatic hydroxyl groups is 1. The minimum absolute atomic E-state index is 0.281. The third-order valence-corrected chi connectivity index (χ3v) is 2.43. The molecule has 1 aromatic rings. The first-order valence-electron chi connectivity index (χ1n) is 5.36. The predicted molar refractivity (Wildman–Crippen MR) is 67.1 cm³/mol. The summed E-state index contributed by atoms with van der Waals surface area (Å²) in [6.07, 6.45) is 6.48. The van der Waals surface area contributed by atoms with Crippen molar-refractivity contribution in [3.8, 4) is 0 Å². The molecule has 0 fully saturated rings. The van der Waals surface area contributed by atoms with Gasteiger partial charge in [-0.3, -0.25) is 4.79 Å². The number of aliphatic imine (C=N–C) groups is 1. The molecule has 2 rings (SSSR count). The number of hydrogen-bond acceptors (Lipinski definition) is 2. The maximum Gasteiger partial charge on any atom is 0.277 e. The Balaban J connectivity index is 2.18. The molecular weight excluding hydrogens is 214 g/mol. The lowest BCUT2D eigenvalue weighted by molar-refractivity contribution is 0.100. The molecule has 1 aliphatic rings. The molecule has 17 heavy (non-hydrogen) atoms. The first-order valence-corrected chi connectivity index (χ1v) is 5.36. The Kier molecular flexibility index (Phi) is 3.02. The van der Waals surface area contributed by atoms with Crippen LogP contribution in [0.15, 0.2) is 59.6 Å². The number of allylic oxidation sites excluding steroid dienone is 2. The number of carbonyl (C=O) groups is 1. The molecule has 0 radical (unpaired) electrons. The summed E-state index contributed by atoms with van der Waals surface area (Å²) in [4.78, 5) is 15.7. The largest absolute Gasteiger partial charge is 0.382 e. The number of carbonyl (C=O) groups excluding carboxylic acids is 1. The summed E-state index contributed by atoms with van der Waals surface area (Å²) in [6.45, 7) is 1.66. The normalized spacial score (nSPS) is 22.6. The Labute approximate surface area is 99.8 Å². The molecule has 1 aliphatic carbocycles. The van der Waals surface area contributed by atoms with Crippen LogP contribution in [0.1, 0.15) is 17.3 Å².